The van der Waals surface area contributed by atoms with Crippen LogP contribution in [0.4, 0.5) is 0 Å². The monoisotopic (exact) mass is 268 g/mol. The Hall–Kier alpha value is -0.710. The van der Waals surface area contributed by atoms with Crippen LogP contribution in [0.5, 0.6) is 0 Å². The van der Waals surface area contributed by atoms with Gasteiger partial charge >= 0.3 is 0 Å². The molecule has 0 bridgehead atoms. The predicted octanol–water partition coefficient (Wildman–Crippen LogP) is 0.772. The molecule has 0 radical (unpaired) electrons. The first-order valence-corrected chi connectivity index (χ1v) is 7.97. The molecule has 1 atom stereocenters. The molecule has 1 saturated carbocycles. The van der Waals surface area contributed by atoms with Gasteiger partial charge in [0.15, 0.2) is 0 Å². The van der Waals surface area contributed by atoms with E-state index in [-0.39, 0.29) is 23.7 Å². The van der Waals surface area contributed by atoms with Crippen LogP contribution < -0.4 is 10.6 Å². The molecule has 3 rings (SSSR count). The number of hydrogen-bond donors (Lipinski definition) is 2. The Bertz CT molecular complexity index is 360. The summed E-state index contributed by atoms with van der Waals surface area (Å²) in [6.07, 6.45) is 4.04. The molecule has 2 aliphatic heterocycles. The average Bonchev–Trinajstić information content (AvgIpc) is 2.24. The van der Waals surface area contributed by atoms with Gasteiger partial charge in [0.25, 0.3) is 0 Å². The number of amides is 2. The zero-order valence-electron chi connectivity index (χ0n) is 10.5. The molecule has 2 amide bonds. The number of rotatable bonds is 3. The van der Waals surface area contributed by atoms with Gasteiger partial charge in [0, 0.05) is 19.0 Å². The van der Waals surface area contributed by atoms with Crippen molar-refractivity contribution < 1.29 is 9.59 Å². The van der Waals surface area contributed by atoms with Crippen LogP contribution in [0, 0.1) is 17.3 Å². The Kier molecular flexibility index (Phi) is 3.26. The quantitative estimate of drug-likeness (QED) is 0.795. The summed E-state index contributed by atoms with van der Waals surface area (Å²) < 4.78 is 0. The van der Waals surface area contributed by atoms with Crippen molar-refractivity contribution in [2.24, 2.45) is 17.3 Å². The van der Waals surface area contributed by atoms with Crippen molar-refractivity contribution in [1.82, 2.24) is 10.6 Å². The molecule has 3 fully saturated rings. The van der Waals surface area contributed by atoms with Gasteiger partial charge in [-0.3, -0.25) is 9.59 Å². The maximum absolute atomic E-state index is 12.0. The van der Waals surface area contributed by atoms with Crippen LogP contribution in [0.25, 0.3) is 0 Å². The number of carbonyl (C=O) groups is 2. The van der Waals surface area contributed by atoms with Crippen LogP contribution in [0.2, 0.25) is 0 Å². The van der Waals surface area contributed by atoms with Gasteiger partial charge in [-0.2, -0.15) is 11.8 Å². The van der Waals surface area contributed by atoms with E-state index in [4.69, 9.17) is 0 Å². The fourth-order valence-corrected chi connectivity index (χ4v) is 4.45. The third-order valence-electron chi connectivity index (χ3n) is 4.47. The highest BCUT2D eigenvalue weighted by Crippen LogP contribution is 2.55. The van der Waals surface area contributed by atoms with E-state index in [0.717, 1.165) is 32.2 Å². The molecule has 0 aromatic heterocycles. The van der Waals surface area contributed by atoms with E-state index in [2.05, 4.69) is 10.6 Å². The molecule has 100 valence electrons. The van der Waals surface area contributed by atoms with Crippen LogP contribution in [-0.4, -0.2) is 36.4 Å². The Labute approximate surface area is 112 Å². The minimum absolute atomic E-state index is 0.0176. The van der Waals surface area contributed by atoms with E-state index < -0.39 is 0 Å². The highest BCUT2D eigenvalue weighted by atomic mass is 32.2. The third-order valence-corrected chi connectivity index (χ3v) is 6.10. The number of piperidine rings is 1. The molecule has 0 aromatic carbocycles. The molecule has 1 spiro atoms. The fraction of sp³-hybridized carbons (Fsp3) is 0.846. The van der Waals surface area contributed by atoms with Gasteiger partial charge < -0.3 is 10.6 Å². The maximum Gasteiger partial charge on any atom is 0.224 e. The second-order valence-electron chi connectivity index (χ2n) is 5.97. The second kappa shape index (κ2) is 4.76. The van der Waals surface area contributed by atoms with E-state index in [1.807, 2.05) is 11.8 Å². The van der Waals surface area contributed by atoms with E-state index >= 15 is 0 Å². The zero-order valence-corrected chi connectivity index (χ0v) is 11.4. The summed E-state index contributed by atoms with van der Waals surface area (Å²) in [5, 5.41) is 5.82. The lowest BCUT2D eigenvalue weighted by atomic mass is 9.63. The Morgan fingerprint density at radius 1 is 1.44 bits per heavy atom. The summed E-state index contributed by atoms with van der Waals surface area (Å²) in [6.45, 7) is 1.30. The molecule has 5 heteroatoms. The maximum atomic E-state index is 12.0. The first kappa shape index (κ1) is 12.3. The number of hydrogen-bond acceptors (Lipinski definition) is 3. The van der Waals surface area contributed by atoms with Gasteiger partial charge in [-0.15, -0.1) is 0 Å². The summed E-state index contributed by atoms with van der Waals surface area (Å²) >= 11 is 1.99. The second-order valence-corrected chi connectivity index (χ2v) is 6.96. The number of nitrogens with one attached hydrogen (secondary N) is 2. The van der Waals surface area contributed by atoms with Crippen LogP contribution in [0.15, 0.2) is 0 Å². The number of carbonyl (C=O) groups excluding carboxylic acids is 2. The van der Waals surface area contributed by atoms with E-state index in [1.54, 1.807) is 0 Å². The van der Waals surface area contributed by atoms with Gasteiger partial charge in [-0.25, -0.2) is 0 Å². The molecule has 4 nitrogen and oxygen atoms in total. The molecule has 0 aromatic rings. The molecule has 2 N–H and O–H groups in total. The van der Waals surface area contributed by atoms with Crippen molar-refractivity contribution >= 4 is 23.6 Å². The summed E-state index contributed by atoms with van der Waals surface area (Å²) in [5.41, 5.74) is 0.509. The summed E-state index contributed by atoms with van der Waals surface area (Å²) in [6, 6.07) is 0. The largest absolute Gasteiger partial charge is 0.356 e. The Balaban J connectivity index is 1.40. The highest BCUT2D eigenvalue weighted by molar-refractivity contribution is 8.00. The standard InChI is InChI=1S/C13H20N2O2S/c16-11-9(2-1-3-14-11)6-15-12(17)10-4-13(5-10)7-18-8-13/h9-10H,1-8H2,(H,14,16)(H,15,17). The van der Waals surface area contributed by atoms with Gasteiger partial charge in [-0.05, 0) is 42.6 Å². The highest BCUT2D eigenvalue weighted by Gasteiger charge is 2.51. The van der Waals surface area contributed by atoms with Gasteiger partial charge in [-0.1, -0.05) is 0 Å². The molecular weight excluding hydrogens is 248 g/mol. The minimum atomic E-state index is -0.0176. The summed E-state index contributed by atoms with van der Waals surface area (Å²) in [7, 11) is 0. The van der Waals surface area contributed by atoms with Crippen molar-refractivity contribution in [2.75, 3.05) is 24.6 Å². The molecule has 1 aliphatic carbocycles. The van der Waals surface area contributed by atoms with Crippen molar-refractivity contribution in [2.45, 2.75) is 25.7 Å². The van der Waals surface area contributed by atoms with Gasteiger partial charge in [0.05, 0.1) is 5.92 Å². The molecule has 1 unspecified atom stereocenters. The van der Waals surface area contributed by atoms with Gasteiger partial charge in [0.1, 0.15) is 0 Å². The molecule has 2 saturated heterocycles. The SMILES string of the molecule is O=C1NCCCC1CNC(=O)C1CC2(CSC2)C1. The van der Waals surface area contributed by atoms with Crippen LogP contribution >= 0.6 is 11.8 Å². The van der Waals surface area contributed by atoms with E-state index in [9.17, 15) is 9.59 Å². The van der Waals surface area contributed by atoms with Gasteiger partial charge in [0.2, 0.25) is 11.8 Å². The minimum Gasteiger partial charge on any atom is -0.356 e. The lowest BCUT2D eigenvalue weighted by molar-refractivity contribution is -0.132. The third kappa shape index (κ3) is 2.25. The normalized spacial score (nSPS) is 30.2. The average molecular weight is 268 g/mol. The first-order valence-electron chi connectivity index (χ1n) is 6.82. The molecule has 18 heavy (non-hydrogen) atoms. The van der Waals surface area contributed by atoms with Crippen LogP contribution in [-0.2, 0) is 9.59 Å². The molecule has 2 heterocycles. The van der Waals surface area contributed by atoms with E-state index in [1.165, 1.54) is 11.5 Å². The summed E-state index contributed by atoms with van der Waals surface area (Å²) in [5.74, 6) is 2.93. The smallest absolute Gasteiger partial charge is 0.224 e. The predicted molar refractivity (Wildman–Crippen MR) is 71.2 cm³/mol. The Morgan fingerprint density at radius 2 is 2.22 bits per heavy atom. The zero-order chi connectivity index (χ0) is 12.6. The summed E-state index contributed by atoms with van der Waals surface area (Å²) in [4.78, 5) is 23.5. The van der Waals surface area contributed by atoms with Crippen LogP contribution in [0.3, 0.4) is 0 Å². The van der Waals surface area contributed by atoms with Crippen molar-refractivity contribution in [3.05, 3.63) is 0 Å². The van der Waals surface area contributed by atoms with Crippen LogP contribution in [0.1, 0.15) is 25.7 Å². The van der Waals surface area contributed by atoms with E-state index in [0.29, 0.717) is 12.0 Å². The van der Waals surface area contributed by atoms with Crippen molar-refractivity contribution in [3.8, 4) is 0 Å². The molecular formula is C13H20N2O2S. The Morgan fingerprint density at radius 3 is 2.83 bits per heavy atom. The molecule has 3 aliphatic rings. The van der Waals surface area contributed by atoms with Crippen molar-refractivity contribution in [1.29, 1.82) is 0 Å². The van der Waals surface area contributed by atoms with Crippen molar-refractivity contribution in [3.63, 3.8) is 0 Å². The number of thioether (sulfide) groups is 1. The topological polar surface area (TPSA) is 58.2 Å². The lowest BCUT2D eigenvalue weighted by Gasteiger charge is -2.52. The first-order chi connectivity index (χ1) is 8.69. The fourth-order valence-electron chi connectivity index (χ4n) is 3.20. The lowest BCUT2D eigenvalue weighted by Crippen LogP contribution is -2.53.